The average Bonchev–Trinajstić information content (AvgIpc) is 3.18. The van der Waals surface area contributed by atoms with Crippen LogP contribution in [0.25, 0.3) is 11.4 Å². The van der Waals surface area contributed by atoms with E-state index in [1.54, 1.807) is 4.68 Å². The van der Waals surface area contributed by atoms with Crippen molar-refractivity contribution in [1.29, 1.82) is 0 Å². The number of ether oxygens (including phenoxy) is 2. The van der Waals surface area contributed by atoms with Crippen LogP contribution in [0, 0.1) is 11.7 Å². The number of aromatic nitrogens is 3. The summed E-state index contributed by atoms with van der Waals surface area (Å²) in [5.74, 6) is 1.84. The van der Waals surface area contributed by atoms with Gasteiger partial charge in [0.25, 0.3) is 0 Å². The van der Waals surface area contributed by atoms with Crippen molar-refractivity contribution in [3.05, 3.63) is 93.2 Å². The van der Waals surface area contributed by atoms with E-state index in [4.69, 9.17) is 33.3 Å². The standard InChI is InChI=1S/C25H25ClN4O2S/c1-3-31-22-14-19(13-21(26)23(22)32-16-18-9-7-8-17(2)12-18)15-27-30-24(28-29-25(30)33)20-10-5-4-6-11-20/h4-14,27H,3,15-16H2,1-2H3,(H,29,33). The van der Waals surface area contributed by atoms with E-state index in [1.807, 2.05) is 61.5 Å². The van der Waals surface area contributed by atoms with Gasteiger partial charge < -0.3 is 14.9 Å². The predicted octanol–water partition coefficient (Wildman–Crippen LogP) is 6.29. The molecule has 6 nitrogen and oxygen atoms in total. The average molecular weight is 481 g/mol. The molecule has 0 aliphatic rings. The molecule has 0 amide bonds. The summed E-state index contributed by atoms with van der Waals surface area (Å²) in [4.78, 5) is 0. The van der Waals surface area contributed by atoms with Crippen LogP contribution in [-0.4, -0.2) is 21.5 Å². The van der Waals surface area contributed by atoms with Crippen LogP contribution in [0.2, 0.25) is 5.02 Å². The van der Waals surface area contributed by atoms with Crippen molar-refractivity contribution < 1.29 is 9.47 Å². The van der Waals surface area contributed by atoms with Crippen molar-refractivity contribution in [2.75, 3.05) is 12.0 Å². The molecule has 8 heteroatoms. The highest BCUT2D eigenvalue weighted by atomic mass is 35.5. The number of aromatic amines is 1. The summed E-state index contributed by atoms with van der Waals surface area (Å²) in [6, 6.07) is 21.8. The minimum Gasteiger partial charge on any atom is -0.490 e. The lowest BCUT2D eigenvalue weighted by Gasteiger charge is -2.16. The Kier molecular flexibility index (Phi) is 7.32. The van der Waals surface area contributed by atoms with Gasteiger partial charge in [-0.3, -0.25) is 0 Å². The van der Waals surface area contributed by atoms with Gasteiger partial charge in [-0.25, -0.2) is 9.77 Å². The van der Waals surface area contributed by atoms with E-state index in [0.29, 0.717) is 46.9 Å². The highest BCUT2D eigenvalue weighted by molar-refractivity contribution is 7.71. The first-order valence-corrected chi connectivity index (χ1v) is 11.4. The van der Waals surface area contributed by atoms with Crippen molar-refractivity contribution >= 4 is 23.8 Å². The maximum atomic E-state index is 6.61. The second-order valence-electron chi connectivity index (χ2n) is 7.50. The summed E-state index contributed by atoms with van der Waals surface area (Å²) in [5.41, 5.74) is 7.45. The van der Waals surface area contributed by atoms with Crippen LogP contribution in [0.3, 0.4) is 0 Å². The van der Waals surface area contributed by atoms with Crippen LogP contribution in [0.1, 0.15) is 23.6 Å². The van der Waals surface area contributed by atoms with Gasteiger partial charge in [0, 0.05) is 5.56 Å². The van der Waals surface area contributed by atoms with E-state index >= 15 is 0 Å². The van der Waals surface area contributed by atoms with Gasteiger partial charge in [-0.2, -0.15) is 5.10 Å². The first-order chi connectivity index (χ1) is 16.0. The van der Waals surface area contributed by atoms with E-state index in [0.717, 1.165) is 16.7 Å². The number of hydrogen-bond donors (Lipinski definition) is 2. The fourth-order valence-electron chi connectivity index (χ4n) is 3.48. The first kappa shape index (κ1) is 22.9. The minimum atomic E-state index is 0.406. The summed E-state index contributed by atoms with van der Waals surface area (Å²) < 4.78 is 14.1. The molecule has 0 unspecified atom stereocenters. The van der Waals surface area contributed by atoms with Gasteiger partial charge in [-0.15, -0.1) is 0 Å². The lowest BCUT2D eigenvalue weighted by Crippen LogP contribution is -2.16. The highest BCUT2D eigenvalue weighted by Gasteiger charge is 2.14. The normalized spacial score (nSPS) is 10.8. The summed E-state index contributed by atoms with van der Waals surface area (Å²) in [7, 11) is 0. The van der Waals surface area contributed by atoms with Crippen LogP contribution < -0.4 is 14.9 Å². The Hall–Kier alpha value is -3.29. The second kappa shape index (κ2) is 10.6. The zero-order valence-electron chi connectivity index (χ0n) is 18.5. The van der Waals surface area contributed by atoms with Crippen molar-refractivity contribution in [1.82, 2.24) is 14.9 Å². The molecule has 0 radical (unpaired) electrons. The van der Waals surface area contributed by atoms with Crippen LogP contribution in [-0.2, 0) is 13.2 Å². The van der Waals surface area contributed by atoms with Crippen molar-refractivity contribution in [2.45, 2.75) is 27.0 Å². The van der Waals surface area contributed by atoms with Crippen molar-refractivity contribution in [3.63, 3.8) is 0 Å². The molecule has 3 aromatic carbocycles. The van der Waals surface area contributed by atoms with Crippen molar-refractivity contribution in [2.24, 2.45) is 0 Å². The molecule has 0 fully saturated rings. The summed E-state index contributed by atoms with van der Waals surface area (Å²) >= 11 is 12.0. The lowest BCUT2D eigenvalue weighted by molar-refractivity contribution is 0.269. The molecular weight excluding hydrogens is 456 g/mol. The molecule has 1 aromatic heterocycles. The number of hydrogen-bond acceptors (Lipinski definition) is 5. The molecule has 0 atom stereocenters. The maximum Gasteiger partial charge on any atom is 0.214 e. The molecule has 0 bridgehead atoms. The van der Waals surface area contributed by atoms with Gasteiger partial charge in [0.2, 0.25) is 4.77 Å². The van der Waals surface area contributed by atoms with E-state index in [-0.39, 0.29) is 0 Å². The zero-order valence-corrected chi connectivity index (χ0v) is 20.0. The number of nitrogens with one attached hydrogen (secondary N) is 2. The number of aryl methyl sites for hydroxylation is 1. The van der Waals surface area contributed by atoms with Gasteiger partial charge in [-0.05, 0) is 49.3 Å². The molecule has 4 aromatic rings. The molecule has 0 saturated carbocycles. The van der Waals surface area contributed by atoms with Crippen LogP contribution in [0.15, 0.2) is 66.7 Å². The predicted molar refractivity (Wildman–Crippen MR) is 134 cm³/mol. The monoisotopic (exact) mass is 480 g/mol. The number of H-pyrrole nitrogens is 1. The third kappa shape index (κ3) is 5.56. The van der Waals surface area contributed by atoms with Crippen molar-refractivity contribution in [3.8, 4) is 22.9 Å². The molecular formula is C25H25ClN4O2S. The molecule has 170 valence electrons. The topological polar surface area (TPSA) is 64.1 Å². The minimum absolute atomic E-state index is 0.406. The third-order valence-electron chi connectivity index (χ3n) is 4.98. The molecule has 0 aliphatic carbocycles. The summed E-state index contributed by atoms with van der Waals surface area (Å²) in [6.45, 7) is 5.35. The van der Waals surface area contributed by atoms with E-state index < -0.39 is 0 Å². The fraction of sp³-hybridized carbons (Fsp3) is 0.200. The number of nitrogens with zero attached hydrogens (tertiary/aromatic N) is 2. The first-order valence-electron chi connectivity index (χ1n) is 10.7. The smallest absolute Gasteiger partial charge is 0.214 e. The Bertz CT molecular complexity index is 1290. The van der Waals surface area contributed by atoms with Gasteiger partial charge in [0.1, 0.15) is 6.61 Å². The van der Waals surface area contributed by atoms with Gasteiger partial charge >= 0.3 is 0 Å². The van der Waals surface area contributed by atoms with Crippen LogP contribution in [0.4, 0.5) is 0 Å². The van der Waals surface area contributed by atoms with E-state index in [1.165, 1.54) is 5.56 Å². The fourth-order valence-corrected chi connectivity index (χ4v) is 3.96. The lowest BCUT2D eigenvalue weighted by atomic mass is 10.1. The Morgan fingerprint density at radius 3 is 2.61 bits per heavy atom. The zero-order chi connectivity index (χ0) is 23.2. The molecule has 2 N–H and O–H groups in total. The molecule has 33 heavy (non-hydrogen) atoms. The third-order valence-corrected chi connectivity index (χ3v) is 5.54. The Morgan fingerprint density at radius 1 is 1.03 bits per heavy atom. The van der Waals surface area contributed by atoms with E-state index in [2.05, 4.69) is 34.7 Å². The molecule has 4 rings (SSSR count). The molecule has 1 heterocycles. The molecule has 0 spiro atoms. The van der Waals surface area contributed by atoms with E-state index in [9.17, 15) is 0 Å². The quantitative estimate of drug-likeness (QED) is 0.275. The largest absolute Gasteiger partial charge is 0.490 e. The Morgan fingerprint density at radius 2 is 1.85 bits per heavy atom. The molecule has 0 saturated heterocycles. The number of benzene rings is 3. The SMILES string of the molecule is CCOc1cc(CNn2c(-c3ccccc3)n[nH]c2=S)cc(Cl)c1OCc1cccc(C)c1. The second-order valence-corrected chi connectivity index (χ2v) is 8.30. The van der Waals surface area contributed by atoms with Crippen LogP contribution in [0.5, 0.6) is 11.5 Å². The summed E-state index contributed by atoms with van der Waals surface area (Å²) in [5, 5.41) is 7.68. The number of rotatable bonds is 9. The number of halogens is 1. The Balaban J connectivity index is 1.54. The molecule has 0 aliphatic heterocycles. The highest BCUT2D eigenvalue weighted by Crippen LogP contribution is 2.37. The summed E-state index contributed by atoms with van der Waals surface area (Å²) in [6.07, 6.45) is 0. The van der Waals surface area contributed by atoms with Gasteiger partial charge in [0.15, 0.2) is 17.3 Å². The van der Waals surface area contributed by atoms with Gasteiger partial charge in [-0.1, -0.05) is 71.8 Å². The maximum absolute atomic E-state index is 6.61. The van der Waals surface area contributed by atoms with Gasteiger partial charge in [0.05, 0.1) is 18.2 Å². The van der Waals surface area contributed by atoms with Crippen LogP contribution >= 0.6 is 23.8 Å². The Labute approximate surface area is 203 Å².